The maximum atomic E-state index is 4.96. The number of rotatable bonds is 4. The van der Waals surface area contributed by atoms with Gasteiger partial charge in [-0.1, -0.05) is 12.1 Å². The predicted octanol–water partition coefficient (Wildman–Crippen LogP) is 8.20. The van der Waals surface area contributed by atoms with E-state index in [0.717, 1.165) is 102 Å². The molecule has 51 heavy (non-hydrogen) atoms. The number of nitrogens with zero attached hydrogens (tertiary/aromatic N) is 9. The Bertz CT molecular complexity index is 2520. The Morgan fingerprint density at radius 1 is 0.549 bits per heavy atom. The Hall–Kier alpha value is -5.85. The molecule has 0 bridgehead atoms. The molecule has 10 nitrogen and oxygen atoms in total. The van der Waals surface area contributed by atoms with Gasteiger partial charge in [0.25, 0.3) is 0 Å². The second-order valence-electron chi connectivity index (χ2n) is 12.4. The first-order valence-corrected chi connectivity index (χ1v) is 18.3. The highest BCUT2D eigenvalue weighted by atomic mass is 32.1. The molecule has 0 unspecified atom stereocenters. The number of nitrogens with one attached hydrogen (secondary N) is 1. The minimum atomic E-state index is 0.945. The SMILES string of the molecule is Cc1nc(-c2cccnc2)sc1-c1ccc2c(n1)-c1[nH]ncc1CC2.Cc1nc(-c2cccnc2)sc1-c1ccc2c(n1)-c1ncncc1CC2. The zero-order valence-corrected chi connectivity index (χ0v) is 29.5. The zero-order valence-electron chi connectivity index (χ0n) is 27.8. The summed E-state index contributed by atoms with van der Waals surface area (Å²) in [6, 6.07) is 16.5. The topological polar surface area (TPSA) is 132 Å². The first-order valence-electron chi connectivity index (χ1n) is 16.7. The predicted molar refractivity (Wildman–Crippen MR) is 200 cm³/mol. The molecule has 0 saturated carbocycles. The summed E-state index contributed by atoms with van der Waals surface area (Å²) >= 11 is 3.31. The summed E-state index contributed by atoms with van der Waals surface area (Å²) in [5.74, 6) is 0. The monoisotopic (exact) mass is 702 g/mol. The summed E-state index contributed by atoms with van der Waals surface area (Å²) in [5, 5.41) is 9.23. The molecular formula is C39H30N10S2. The van der Waals surface area contributed by atoms with Gasteiger partial charge < -0.3 is 0 Å². The third kappa shape index (κ3) is 5.92. The lowest BCUT2D eigenvalue weighted by Gasteiger charge is -2.17. The molecule has 2 aliphatic carbocycles. The molecule has 8 aromatic rings. The smallest absolute Gasteiger partial charge is 0.125 e. The summed E-state index contributed by atoms with van der Waals surface area (Å²) in [6.07, 6.45) is 16.6. The van der Waals surface area contributed by atoms with Crippen LogP contribution in [0.25, 0.3) is 65.1 Å². The molecule has 12 heteroatoms. The number of H-pyrrole nitrogens is 1. The molecule has 248 valence electrons. The summed E-state index contributed by atoms with van der Waals surface area (Å²) in [6.45, 7) is 4.07. The number of aromatic amines is 1. The maximum Gasteiger partial charge on any atom is 0.125 e. The van der Waals surface area contributed by atoms with Crippen molar-refractivity contribution in [3.8, 4) is 65.1 Å². The Labute approximate surface area is 301 Å². The van der Waals surface area contributed by atoms with Crippen LogP contribution in [0.3, 0.4) is 0 Å². The van der Waals surface area contributed by atoms with Gasteiger partial charge in [-0.3, -0.25) is 15.1 Å². The second kappa shape index (κ2) is 13.1. The van der Waals surface area contributed by atoms with Gasteiger partial charge in [0, 0.05) is 42.1 Å². The van der Waals surface area contributed by atoms with Gasteiger partial charge in [0.15, 0.2) is 0 Å². The van der Waals surface area contributed by atoms with Crippen molar-refractivity contribution in [3.05, 3.63) is 126 Å². The average molecular weight is 703 g/mol. The zero-order chi connectivity index (χ0) is 34.3. The Morgan fingerprint density at radius 2 is 1.14 bits per heavy atom. The third-order valence-corrected chi connectivity index (χ3v) is 11.6. The van der Waals surface area contributed by atoms with Crippen molar-refractivity contribution in [2.45, 2.75) is 39.5 Å². The Kier molecular flexibility index (Phi) is 8.02. The first-order chi connectivity index (χ1) is 25.1. The highest BCUT2D eigenvalue weighted by molar-refractivity contribution is 7.18. The summed E-state index contributed by atoms with van der Waals surface area (Å²) < 4.78 is 0. The molecule has 8 heterocycles. The molecule has 0 saturated heterocycles. The third-order valence-electron chi connectivity index (χ3n) is 9.13. The van der Waals surface area contributed by atoms with Crippen molar-refractivity contribution in [1.29, 1.82) is 0 Å². The Balaban J connectivity index is 0.000000137. The summed E-state index contributed by atoms with van der Waals surface area (Å²) in [7, 11) is 0. The number of hydrogen-bond acceptors (Lipinski definition) is 11. The van der Waals surface area contributed by atoms with Crippen LogP contribution in [0.1, 0.15) is 33.6 Å². The van der Waals surface area contributed by atoms with Crippen molar-refractivity contribution in [2.24, 2.45) is 0 Å². The Morgan fingerprint density at radius 3 is 1.76 bits per heavy atom. The van der Waals surface area contributed by atoms with Crippen LogP contribution in [0.15, 0.2) is 92.0 Å². The molecule has 2 aliphatic rings. The lowest BCUT2D eigenvalue weighted by molar-refractivity contribution is 0.897. The number of pyridine rings is 4. The quantitative estimate of drug-likeness (QED) is 0.193. The molecule has 0 aromatic carbocycles. The van der Waals surface area contributed by atoms with Crippen LogP contribution >= 0.6 is 22.7 Å². The molecule has 10 rings (SSSR count). The van der Waals surface area contributed by atoms with Crippen molar-refractivity contribution in [2.75, 3.05) is 0 Å². The molecule has 0 fully saturated rings. The van der Waals surface area contributed by atoms with Gasteiger partial charge in [-0.15, -0.1) is 22.7 Å². The van der Waals surface area contributed by atoms with Crippen LogP contribution in [0, 0.1) is 13.8 Å². The minimum Gasteiger partial charge on any atom is -0.276 e. The van der Waals surface area contributed by atoms with E-state index in [0.29, 0.717) is 0 Å². The van der Waals surface area contributed by atoms with E-state index >= 15 is 0 Å². The maximum absolute atomic E-state index is 4.96. The molecular weight excluding hydrogens is 673 g/mol. The average Bonchev–Trinajstić information content (AvgIpc) is 3.94. The molecule has 8 aromatic heterocycles. The van der Waals surface area contributed by atoms with Gasteiger partial charge in [-0.25, -0.2) is 29.9 Å². The van der Waals surface area contributed by atoms with Gasteiger partial charge in [0.2, 0.25) is 0 Å². The van der Waals surface area contributed by atoms with E-state index in [1.807, 2.05) is 62.9 Å². The largest absolute Gasteiger partial charge is 0.276 e. The van der Waals surface area contributed by atoms with E-state index in [2.05, 4.69) is 54.4 Å². The van der Waals surface area contributed by atoms with Gasteiger partial charge in [-0.2, -0.15) is 5.10 Å². The summed E-state index contributed by atoms with van der Waals surface area (Å²) in [4.78, 5) is 38.6. The van der Waals surface area contributed by atoms with E-state index < -0.39 is 0 Å². The fraction of sp³-hybridized carbons (Fsp3) is 0.154. The van der Waals surface area contributed by atoms with Gasteiger partial charge >= 0.3 is 0 Å². The van der Waals surface area contributed by atoms with E-state index in [1.165, 1.54) is 22.3 Å². The highest BCUT2D eigenvalue weighted by Crippen LogP contribution is 2.39. The van der Waals surface area contributed by atoms with Crippen LogP contribution < -0.4 is 0 Å². The van der Waals surface area contributed by atoms with Crippen LogP contribution in [-0.2, 0) is 25.7 Å². The number of aromatic nitrogens is 10. The van der Waals surface area contributed by atoms with Gasteiger partial charge in [0.05, 0.1) is 61.5 Å². The van der Waals surface area contributed by atoms with Crippen LogP contribution in [0.2, 0.25) is 0 Å². The molecule has 0 spiro atoms. The van der Waals surface area contributed by atoms with E-state index in [4.69, 9.17) is 19.9 Å². The van der Waals surface area contributed by atoms with E-state index in [9.17, 15) is 0 Å². The van der Waals surface area contributed by atoms with Crippen LogP contribution in [0.4, 0.5) is 0 Å². The second-order valence-corrected chi connectivity index (χ2v) is 14.4. The number of hydrogen-bond donors (Lipinski definition) is 1. The van der Waals surface area contributed by atoms with Crippen molar-refractivity contribution >= 4 is 22.7 Å². The van der Waals surface area contributed by atoms with Gasteiger partial charge in [-0.05, 0) is 98.2 Å². The lowest BCUT2D eigenvalue weighted by atomic mass is 9.93. The van der Waals surface area contributed by atoms with Gasteiger partial charge in [0.1, 0.15) is 16.3 Å². The van der Waals surface area contributed by atoms with Crippen molar-refractivity contribution < 1.29 is 0 Å². The molecule has 0 amide bonds. The highest BCUT2D eigenvalue weighted by Gasteiger charge is 2.23. The molecule has 0 aliphatic heterocycles. The summed E-state index contributed by atoms with van der Waals surface area (Å²) in [5.41, 5.74) is 14.9. The van der Waals surface area contributed by atoms with E-state index in [-0.39, 0.29) is 0 Å². The lowest BCUT2D eigenvalue weighted by Crippen LogP contribution is -2.08. The number of fused-ring (bicyclic) bond motifs is 6. The number of aryl methyl sites for hydroxylation is 6. The fourth-order valence-corrected chi connectivity index (χ4v) is 8.60. The molecule has 1 N–H and O–H groups in total. The fourth-order valence-electron chi connectivity index (χ4n) is 6.55. The normalized spacial score (nSPS) is 12.6. The van der Waals surface area contributed by atoms with Crippen LogP contribution in [0.5, 0.6) is 0 Å². The van der Waals surface area contributed by atoms with Crippen molar-refractivity contribution in [1.82, 2.24) is 50.1 Å². The van der Waals surface area contributed by atoms with Crippen molar-refractivity contribution in [3.63, 3.8) is 0 Å². The minimum absolute atomic E-state index is 0.945. The van der Waals surface area contributed by atoms with E-state index in [1.54, 1.807) is 41.4 Å². The molecule has 0 atom stereocenters. The standard InChI is InChI=1S/C20H15N5S.C19H15N5S/c1-12-19(26-20(24-12)15-3-2-8-21-10-15)16-7-6-13-4-5-14-9-22-11-23-17(14)18(13)25-16;1-11-18(25-19(22-11)14-3-2-8-20-9-14)15-7-6-12-4-5-13-10-21-24-17(13)16(12)23-15/h2-3,6-11H,4-5H2,1H3;2-3,6-10H,4-5H2,1H3,(H,21,24). The first kappa shape index (κ1) is 31.2. The van der Waals surface area contributed by atoms with Crippen LogP contribution in [-0.4, -0.2) is 50.1 Å². The number of thiazole rings is 2. The molecule has 0 radical (unpaired) electrons.